The van der Waals surface area contributed by atoms with Gasteiger partial charge in [0.05, 0.1) is 25.7 Å². The molecule has 1 atom stereocenters. The number of carbonyl (C=O) groups excluding carboxylic acids is 1. The third kappa shape index (κ3) is 6.54. The average molecular weight is 273 g/mol. The van der Waals surface area contributed by atoms with Crippen LogP contribution in [-0.4, -0.2) is 60.9 Å². The molecule has 6 heteroatoms. The Hall–Kier alpha value is -1.14. The van der Waals surface area contributed by atoms with Crippen molar-refractivity contribution in [2.24, 2.45) is 0 Å². The number of hydrogen-bond acceptors (Lipinski definition) is 4. The molecule has 1 amide bonds. The highest BCUT2D eigenvalue weighted by Gasteiger charge is 2.17. The summed E-state index contributed by atoms with van der Waals surface area (Å²) in [6.07, 6.45) is 3.20. The third-order valence-corrected chi connectivity index (χ3v) is 2.96. The smallest absolute Gasteiger partial charge is 0.323 e. The van der Waals surface area contributed by atoms with E-state index in [0.29, 0.717) is 19.8 Å². The van der Waals surface area contributed by atoms with E-state index in [-0.39, 0.29) is 25.0 Å². The van der Waals surface area contributed by atoms with Crippen molar-refractivity contribution in [2.45, 2.75) is 38.7 Å². The number of carboxylic acid groups (broad SMARTS) is 1. The number of aliphatic carboxylic acids is 1. The molecule has 1 fully saturated rings. The summed E-state index contributed by atoms with van der Waals surface area (Å²) in [5.41, 5.74) is 0. The Balaban J connectivity index is 2.17. The molecule has 0 saturated carbocycles. The van der Waals surface area contributed by atoms with Crippen molar-refractivity contribution in [2.75, 3.05) is 32.9 Å². The highest BCUT2D eigenvalue weighted by molar-refractivity contribution is 5.81. The molecule has 0 radical (unpaired) electrons. The topological polar surface area (TPSA) is 76.1 Å². The Labute approximate surface area is 113 Å². The van der Waals surface area contributed by atoms with E-state index in [2.05, 4.69) is 0 Å². The SMILES string of the molecule is CCCN(CC(=O)O)C(=O)CCOCC1CCCO1. The molecule has 1 heterocycles. The lowest BCUT2D eigenvalue weighted by atomic mass is 10.2. The molecule has 0 bridgehead atoms. The molecule has 1 unspecified atom stereocenters. The van der Waals surface area contributed by atoms with Crippen LogP contribution < -0.4 is 0 Å². The largest absolute Gasteiger partial charge is 0.480 e. The minimum absolute atomic E-state index is 0.154. The van der Waals surface area contributed by atoms with Crippen LogP contribution in [0.5, 0.6) is 0 Å². The predicted molar refractivity (Wildman–Crippen MR) is 68.9 cm³/mol. The summed E-state index contributed by atoms with van der Waals surface area (Å²) in [5.74, 6) is -1.15. The Morgan fingerprint density at radius 3 is 2.84 bits per heavy atom. The first-order valence-electron chi connectivity index (χ1n) is 6.82. The fraction of sp³-hybridized carbons (Fsp3) is 0.846. The average Bonchev–Trinajstić information content (AvgIpc) is 2.86. The molecule has 1 saturated heterocycles. The molecule has 1 aliphatic heterocycles. The van der Waals surface area contributed by atoms with Crippen LogP contribution in [0.25, 0.3) is 0 Å². The van der Waals surface area contributed by atoms with E-state index in [1.54, 1.807) is 0 Å². The molecule has 1 N–H and O–H groups in total. The minimum Gasteiger partial charge on any atom is -0.480 e. The van der Waals surface area contributed by atoms with Crippen LogP contribution >= 0.6 is 0 Å². The van der Waals surface area contributed by atoms with E-state index >= 15 is 0 Å². The monoisotopic (exact) mass is 273 g/mol. The van der Waals surface area contributed by atoms with Crippen LogP contribution in [0, 0.1) is 0 Å². The molecule has 0 aliphatic carbocycles. The van der Waals surface area contributed by atoms with Gasteiger partial charge in [0.2, 0.25) is 5.91 Å². The number of carbonyl (C=O) groups is 2. The van der Waals surface area contributed by atoms with Gasteiger partial charge in [0.25, 0.3) is 0 Å². The number of carboxylic acids is 1. The zero-order valence-electron chi connectivity index (χ0n) is 11.5. The first kappa shape index (κ1) is 15.9. The quantitative estimate of drug-likeness (QED) is 0.631. The van der Waals surface area contributed by atoms with Gasteiger partial charge in [-0.1, -0.05) is 6.92 Å². The first-order chi connectivity index (χ1) is 9.13. The standard InChI is InChI=1S/C13H23NO5/c1-2-6-14(9-13(16)17)12(15)5-8-18-10-11-4-3-7-19-11/h11H,2-10H2,1H3,(H,16,17). The highest BCUT2D eigenvalue weighted by Crippen LogP contribution is 2.12. The second-order valence-corrected chi connectivity index (χ2v) is 4.67. The van der Waals surface area contributed by atoms with Crippen LogP contribution in [0.15, 0.2) is 0 Å². The molecule has 0 aromatic carbocycles. The lowest BCUT2D eigenvalue weighted by Gasteiger charge is -2.20. The van der Waals surface area contributed by atoms with Gasteiger partial charge in [-0.2, -0.15) is 0 Å². The van der Waals surface area contributed by atoms with Crippen LogP contribution in [0.4, 0.5) is 0 Å². The number of ether oxygens (including phenoxy) is 2. The maximum atomic E-state index is 11.8. The summed E-state index contributed by atoms with van der Waals surface area (Å²) in [5, 5.41) is 8.73. The second-order valence-electron chi connectivity index (χ2n) is 4.67. The van der Waals surface area contributed by atoms with Gasteiger partial charge in [-0.15, -0.1) is 0 Å². The van der Waals surface area contributed by atoms with Crippen molar-refractivity contribution in [3.63, 3.8) is 0 Å². The van der Waals surface area contributed by atoms with E-state index in [9.17, 15) is 9.59 Å². The Morgan fingerprint density at radius 2 is 2.26 bits per heavy atom. The summed E-state index contributed by atoms with van der Waals surface area (Å²) in [6.45, 7) is 3.76. The third-order valence-electron chi connectivity index (χ3n) is 2.96. The molecule has 0 spiro atoms. The molecule has 19 heavy (non-hydrogen) atoms. The lowest BCUT2D eigenvalue weighted by molar-refractivity contribution is -0.145. The van der Waals surface area contributed by atoms with Crippen molar-refractivity contribution in [3.8, 4) is 0 Å². The fourth-order valence-electron chi connectivity index (χ4n) is 2.03. The van der Waals surface area contributed by atoms with Crippen LogP contribution in [0.2, 0.25) is 0 Å². The number of rotatable bonds is 9. The molecule has 110 valence electrons. The maximum absolute atomic E-state index is 11.8. The van der Waals surface area contributed by atoms with E-state index in [1.807, 2.05) is 6.92 Å². The molecule has 6 nitrogen and oxygen atoms in total. The Kier molecular flexibility index (Phi) is 7.43. The Morgan fingerprint density at radius 1 is 1.47 bits per heavy atom. The van der Waals surface area contributed by atoms with Gasteiger partial charge >= 0.3 is 5.97 Å². The molecule has 1 rings (SSSR count). The minimum atomic E-state index is -0.984. The second kappa shape index (κ2) is 8.87. The maximum Gasteiger partial charge on any atom is 0.323 e. The van der Waals surface area contributed by atoms with Gasteiger partial charge in [-0.3, -0.25) is 9.59 Å². The van der Waals surface area contributed by atoms with Crippen molar-refractivity contribution < 1.29 is 24.2 Å². The van der Waals surface area contributed by atoms with Gasteiger partial charge in [0.1, 0.15) is 6.54 Å². The van der Waals surface area contributed by atoms with Crippen LogP contribution in [-0.2, 0) is 19.1 Å². The molecule has 0 aromatic rings. The van der Waals surface area contributed by atoms with Crippen molar-refractivity contribution in [3.05, 3.63) is 0 Å². The van der Waals surface area contributed by atoms with Crippen molar-refractivity contribution >= 4 is 11.9 Å². The molecular formula is C13H23NO5. The van der Waals surface area contributed by atoms with Gasteiger partial charge in [0, 0.05) is 13.2 Å². The number of hydrogen-bond donors (Lipinski definition) is 1. The zero-order valence-corrected chi connectivity index (χ0v) is 11.5. The summed E-state index contributed by atoms with van der Waals surface area (Å²) < 4.78 is 10.8. The van der Waals surface area contributed by atoms with Crippen LogP contribution in [0.1, 0.15) is 32.6 Å². The normalized spacial score (nSPS) is 18.5. The Bertz CT molecular complexity index is 289. The van der Waals surface area contributed by atoms with E-state index in [4.69, 9.17) is 14.6 Å². The van der Waals surface area contributed by atoms with Gasteiger partial charge in [0.15, 0.2) is 0 Å². The first-order valence-corrected chi connectivity index (χ1v) is 6.82. The molecule has 1 aliphatic rings. The number of amides is 1. The van der Waals surface area contributed by atoms with Gasteiger partial charge in [-0.05, 0) is 19.3 Å². The summed E-state index contributed by atoms with van der Waals surface area (Å²) in [7, 11) is 0. The summed E-state index contributed by atoms with van der Waals surface area (Å²) >= 11 is 0. The number of nitrogens with zero attached hydrogens (tertiary/aromatic N) is 1. The molecular weight excluding hydrogens is 250 g/mol. The van der Waals surface area contributed by atoms with E-state index in [0.717, 1.165) is 25.9 Å². The van der Waals surface area contributed by atoms with Gasteiger partial charge < -0.3 is 19.5 Å². The van der Waals surface area contributed by atoms with E-state index in [1.165, 1.54) is 4.90 Å². The zero-order chi connectivity index (χ0) is 14.1. The van der Waals surface area contributed by atoms with E-state index < -0.39 is 5.97 Å². The van der Waals surface area contributed by atoms with Crippen LogP contribution in [0.3, 0.4) is 0 Å². The van der Waals surface area contributed by atoms with Crippen molar-refractivity contribution in [1.82, 2.24) is 4.90 Å². The van der Waals surface area contributed by atoms with Crippen molar-refractivity contribution in [1.29, 1.82) is 0 Å². The highest BCUT2D eigenvalue weighted by atomic mass is 16.5. The van der Waals surface area contributed by atoms with Gasteiger partial charge in [-0.25, -0.2) is 0 Å². The lowest BCUT2D eigenvalue weighted by Crippen LogP contribution is -2.36. The predicted octanol–water partition coefficient (Wildman–Crippen LogP) is 0.895. The summed E-state index contributed by atoms with van der Waals surface area (Å²) in [6, 6.07) is 0. The molecule has 0 aromatic heterocycles. The summed E-state index contributed by atoms with van der Waals surface area (Å²) in [4.78, 5) is 23.8. The fourth-order valence-corrected chi connectivity index (χ4v) is 2.03.